The van der Waals surface area contributed by atoms with Crippen LogP contribution >= 0.6 is 0 Å². The Balaban J connectivity index is 1.73. The number of ether oxygens (including phenoxy) is 2. The van der Waals surface area contributed by atoms with Gasteiger partial charge in [-0.1, -0.05) is 6.92 Å². The van der Waals surface area contributed by atoms with Crippen LogP contribution in [0.1, 0.15) is 46.0 Å². The summed E-state index contributed by atoms with van der Waals surface area (Å²) < 4.78 is 11.8. The Morgan fingerprint density at radius 1 is 1.16 bits per heavy atom. The molecule has 4 heteroatoms. The molecule has 3 aliphatic rings. The molecule has 1 saturated carbocycles. The number of hydrogen-bond acceptors (Lipinski definition) is 4. The highest BCUT2D eigenvalue weighted by Crippen LogP contribution is 2.39. The number of hydrogen-bond donors (Lipinski definition) is 1. The fourth-order valence-electron chi connectivity index (χ4n) is 4.11. The molecule has 0 aromatic carbocycles. The standard InChI is InChI=1S/C15H28N2O2/c1-11-4-3-7-17(12(11)2)14-10-15(6-5-13(14)16)18-8-9-19-15/h11-14H,3-10,16H2,1-2H3. The molecule has 0 radical (unpaired) electrons. The maximum absolute atomic E-state index is 6.42. The minimum absolute atomic E-state index is 0.270. The second kappa shape index (κ2) is 5.32. The van der Waals surface area contributed by atoms with E-state index in [1.54, 1.807) is 0 Å². The van der Waals surface area contributed by atoms with Crippen molar-refractivity contribution in [2.75, 3.05) is 19.8 Å². The molecule has 0 aromatic heterocycles. The first-order chi connectivity index (χ1) is 9.11. The van der Waals surface area contributed by atoms with Crippen LogP contribution in [0.4, 0.5) is 0 Å². The molecule has 1 spiro atoms. The predicted molar refractivity (Wildman–Crippen MR) is 74.8 cm³/mol. The second-order valence-electron chi connectivity index (χ2n) is 6.68. The van der Waals surface area contributed by atoms with Gasteiger partial charge >= 0.3 is 0 Å². The number of rotatable bonds is 1. The summed E-state index contributed by atoms with van der Waals surface area (Å²) in [5.41, 5.74) is 6.42. The van der Waals surface area contributed by atoms with Crippen LogP contribution in [0.25, 0.3) is 0 Å². The SMILES string of the molecule is CC1CCCN(C2CC3(CCC2N)OCCO3)C1C. The molecular formula is C15H28N2O2. The van der Waals surface area contributed by atoms with Crippen LogP contribution in [0.5, 0.6) is 0 Å². The molecule has 4 atom stereocenters. The van der Waals surface area contributed by atoms with Gasteiger partial charge in [-0.15, -0.1) is 0 Å². The topological polar surface area (TPSA) is 47.7 Å². The fourth-order valence-corrected chi connectivity index (χ4v) is 4.11. The third-order valence-electron chi connectivity index (χ3n) is 5.53. The molecule has 4 unspecified atom stereocenters. The van der Waals surface area contributed by atoms with Gasteiger partial charge in [-0.25, -0.2) is 0 Å². The van der Waals surface area contributed by atoms with E-state index in [4.69, 9.17) is 15.2 Å². The summed E-state index contributed by atoms with van der Waals surface area (Å²) in [6.45, 7) is 7.39. The molecule has 4 nitrogen and oxygen atoms in total. The first-order valence-electron chi connectivity index (χ1n) is 7.90. The van der Waals surface area contributed by atoms with Crippen molar-refractivity contribution in [3.8, 4) is 0 Å². The van der Waals surface area contributed by atoms with E-state index in [-0.39, 0.29) is 11.8 Å². The quantitative estimate of drug-likeness (QED) is 0.787. The molecule has 3 fully saturated rings. The molecule has 3 rings (SSSR count). The van der Waals surface area contributed by atoms with Crippen molar-refractivity contribution >= 4 is 0 Å². The van der Waals surface area contributed by atoms with Gasteiger partial charge in [0.15, 0.2) is 5.79 Å². The Labute approximate surface area is 116 Å². The molecule has 2 N–H and O–H groups in total. The number of piperidine rings is 1. The van der Waals surface area contributed by atoms with Crippen molar-refractivity contribution in [3.63, 3.8) is 0 Å². The van der Waals surface area contributed by atoms with Gasteiger partial charge in [0.1, 0.15) is 0 Å². The van der Waals surface area contributed by atoms with E-state index in [9.17, 15) is 0 Å². The number of likely N-dealkylation sites (tertiary alicyclic amines) is 1. The lowest BCUT2D eigenvalue weighted by molar-refractivity contribution is -0.195. The minimum atomic E-state index is -0.319. The van der Waals surface area contributed by atoms with Crippen LogP contribution in [0, 0.1) is 5.92 Å². The van der Waals surface area contributed by atoms with Gasteiger partial charge in [0.05, 0.1) is 13.2 Å². The van der Waals surface area contributed by atoms with Crippen LogP contribution in [-0.4, -0.2) is 48.6 Å². The van der Waals surface area contributed by atoms with Crippen molar-refractivity contribution < 1.29 is 9.47 Å². The molecule has 110 valence electrons. The Kier molecular flexibility index (Phi) is 3.87. The number of nitrogens with zero attached hydrogens (tertiary/aromatic N) is 1. The normalized spacial score (nSPS) is 43.7. The molecule has 2 aliphatic heterocycles. The Morgan fingerprint density at radius 3 is 2.63 bits per heavy atom. The summed E-state index contributed by atoms with van der Waals surface area (Å²) in [5.74, 6) is 0.449. The van der Waals surface area contributed by atoms with Crippen LogP contribution in [0.3, 0.4) is 0 Å². The van der Waals surface area contributed by atoms with Gasteiger partial charge in [0, 0.05) is 31.0 Å². The summed E-state index contributed by atoms with van der Waals surface area (Å²) in [5, 5.41) is 0. The molecule has 2 heterocycles. The predicted octanol–water partition coefficient (Wildman–Crippen LogP) is 1.73. The van der Waals surface area contributed by atoms with E-state index < -0.39 is 0 Å². The lowest BCUT2D eigenvalue weighted by atomic mass is 9.81. The summed E-state index contributed by atoms with van der Waals surface area (Å²) in [6.07, 6.45) is 5.57. The van der Waals surface area contributed by atoms with Crippen molar-refractivity contribution in [1.29, 1.82) is 0 Å². The second-order valence-corrected chi connectivity index (χ2v) is 6.68. The summed E-state index contributed by atoms with van der Waals surface area (Å²) in [4.78, 5) is 2.63. The van der Waals surface area contributed by atoms with E-state index >= 15 is 0 Å². The van der Waals surface area contributed by atoms with Crippen LogP contribution in [0.2, 0.25) is 0 Å². The van der Waals surface area contributed by atoms with Gasteiger partial charge in [0.25, 0.3) is 0 Å². The molecule has 0 bridgehead atoms. The smallest absolute Gasteiger partial charge is 0.170 e. The molecule has 19 heavy (non-hydrogen) atoms. The fraction of sp³-hybridized carbons (Fsp3) is 1.00. The first kappa shape index (κ1) is 13.8. The van der Waals surface area contributed by atoms with E-state index in [1.807, 2.05) is 0 Å². The zero-order valence-electron chi connectivity index (χ0n) is 12.3. The van der Waals surface area contributed by atoms with Crippen LogP contribution < -0.4 is 5.73 Å². The highest BCUT2D eigenvalue weighted by Gasteiger charge is 2.47. The average molecular weight is 268 g/mol. The monoisotopic (exact) mass is 268 g/mol. The summed E-state index contributed by atoms with van der Waals surface area (Å²) in [6, 6.07) is 1.32. The summed E-state index contributed by atoms with van der Waals surface area (Å²) in [7, 11) is 0. The van der Waals surface area contributed by atoms with E-state index in [2.05, 4.69) is 18.7 Å². The van der Waals surface area contributed by atoms with E-state index in [0.717, 1.165) is 38.4 Å². The number of nitrogens with two attached hydrogens (primary N) is 1. The third-order valence-corrected chi connectivity index (χ3v) is 5.53. The minimum Gasteiger partial charge on any atom is -0.347 e. The van der Waals surface area contributed by atoms with Crippen LogP contribution in [0.15, 0.2) is 0 Å². The third kappa shape index (κ3) is 2.56. The Morgan fingerprint density at radius 2 is 1.89 bits per heavy atom. The van der Waals surface area contributed by atoms with Gasteiger partial charge in [-0.2, -0.15) is 0 Å². The lowest BCUT2D eigenvalue weighted by Crippen LogP contribution is -2.60. The molecule has 2 saturated heterocycles. The van der Waals surface area contributed by atoms with E-state index in [1.165, 1.54) is 19.4 Å². The zero-order valence-corrected chi connectivity index (χ0v) is 12.3. The molecule has 0 aromatic rings. The highest BCUT2D eigenvalue weighted by molar-refractivity contribution is 4.97. The molecule has 0 amide bonds. The van der Waals surface area contributed by atoms with Crippen LogP contribution in [-0.2, 0) is 9.47 Å². The van der Waals surface area contributed by atoms with Crippen molar-refractivity contribution in [2.24, 2.45) is 11.7 Å². The van der Waals surface area contributed by atoms with Gasteiger partial charge in [0.2, 0.25) is 0 Å². The maximum atomic E-state index is 6.42. The Hall–Kier alpha value is -0.160. The molecule has 1 aliphatic carbocycles. The van der Waals surface area contributed by atoms with Gasteiger partial charge in [-0.3, -0.25) is 4.90 Å². The largest absolute Gasteiger partial charge is 0.347 e. The summed E-state index contributed by atoms with van der Waals surface area (Å²) >= 11 is 0. The van der Waals surface area contributed by atoms with Crippen molar-refractivity contribution in [2.45, 2.75) is 69.9 Å². The van der Waals surface area contributed by atoms with Crippen molar-refractivity contribution in [1.82, 2.24) is 4.90 Å². The first-order valence-corrected chi connectivity index (χ1v) is 7.90. The maximum Gasteiger partial charge on any atom is 0.170 e. The lowest BCUT2D eigenvalue weighted by Gasteiger charge is -2.49. The van der Waals surface area contributed by atoms with Gasteiger partial charge < -0.3 is 15.2 Å². The molecular weight excluding hydrogens is 240 g/mol. The van der Waals surface area contributed by atoms with Gasteiger partial charge in [-0.05, 0) is 38.6 Å². The Bertz CT molecular complexity index is 317. The highest BCUT2D eigenvalue weighted by atomic mass is 16.7. The van der Waals surface area contributed by atoms with E-state index in [0.29, 0.717) is 12.1 Å². The van der Waals surface area contributed by atoms with Crippen molar-refractivity contribution in [3.05, 3.63) is 0 Å². The average Bonchev–Trinajstić information content (AvgIpc) is 2.85. The zero-order chi connectivity index (χ0) is 13.5.